The molecule has 8 nitrogen and oxygen atoms in total. The predicted octanol–water partition coefficient (Wildman–Crippen LogP) is 1.85. The van der Waals surface area contributed by atoms with Gasteiger partial charge in [-0.1, -0.05) is 18.2 Å². The normalized spacial score (nSPS) is 17.1. The fraction of sp³-hybridized carbons (Fsp3) is 0.286. The van der Waals surface area contributed by atoms with Crippen molar-refractivity contribution in [2.75, 3.05) is 13.1 Å². The minimum Gasteiger partial charge on any atom is -0.340 e. The van der Waals surface area contributed by atoms with E-state index in [2.05, 4.69) is 15.2 Å². The Hall–Kier alpha value is -3.55. The molecule has 1 amide bonds. The summed E-state index contributed by atoms with van der Waals surface area (Å²) in [6.45, 7) is 1.25. The molecule has 8 heteroatoms. The van der Waals surface area contributed by atoms with Crippen LogP contribution in [-0.4, -0.2) is 48.0 Å². The topological polar surface area (TPSA) is 85.4 Å². The third kappa shape index (κ3) is 3.16. The summed E-state index contributed by atoms with van der Waals surface area (Å²) in [7, 11) is 0. The molecule has 1 aromatic carbocycles. The maximum atomic E-state index is 12.9. The number of pyridine rings is 1. The van der Waals surface area contributed by atoms with Crippen molar-refractivity contribution in [3.05, 3.63) is 71.2 Å². The molecular formula is C21H20N6O2. The molecule has 3 aromatic heterocycles. The highest BCUT2D eigenvalue weighted by Crippen LogP contribution is 2.26. The molecule has 1 fully saturated rings. The molecule has 29 heavy (non-hydrogen) atoms. The number of amides is 1. The Balaban J connectivity index is 1.36. The van der Waals surface area contributed by atoms with Crippen molar-refractivity contribution in [2.24, 2.45) is 0 Å². The number of fused-ring (bicyclic) bond motifs is 2. The molecule has 4 heterocycles. The van der Waals surface area contributed by atoms with Crippen molar-refractivity contribution < 1.29 is 4.79 Å². The number of hydrogen-bond donors (Lipinski definition) is 0. The average molecular weight is 388 g/mol. The van der Waals surface area contributed by atoms with Gasteiger partial charge in [0.2, 0.25) is 5.91 Å². The summed E-state index contributed by atoms with van der Waals surface area (Å²) in [4.78, 5) is 31.7. The van der Waals surface area contributed by atoms with Crippen LogP contribution in [0.3, 0.4) is 0 Å². The average Bonchev–Trinajstić information content (AvgIpc) is 3.20. The Morgan fingerprint density at radius 1 is 1.10 bits per heavy atom. The zero-order valence-electron chi connectivity index (χ0n) is 15.8. The largest absolute Gasteiger partial charge is 0.340 e. The van der Waals surface area contributed by atoms with Crippen LogP contribution >= 0.6 is 0 Å². The Labute approximate surface area is 166 Å². The van der Waals surface area contributed by atoms with E-state index in [1.807, 2.05) is 39.8 Å². The lowest BCUT2D eigenvalue weighted by atomic mass is 9.97. The van der Waals surface area contributed by atoms with E-state index < -0.39 is 0 Å². The summed E-state index contributed by atoms with van der Waals surface area (Å²) in [5.74, 6) is 0.918. The zero-order valence-corrected chi connectivity index (χ0v) is 15.8. The van der Waals surface area contributed by atoms with Gasteiger partial charge in [-0.15, -0.1) is 10.2 Å². The van der Waals surface area contributed by atoms with Crippen LogP contribution in [0.25, 0.3) is 16.6 Å². The molecular weight excluding hydrogens is 368 g/mol. The van der Waals surface area contributed by atoms with Gasteiger partial charge in [0.1, 0.15) is 12.4 Å². The van der Waals surface area contributed by atoms with Gasteiger partial charge in [-0.2, -0.15) is 0 Å². The summed E-state index contributed by atoms with van der Waals surface area (Å²) >= 11 is 0. The Kier molecular flexibility index (Phi) is 4.31. The highest BCUT2D eigenvalue weighted by Gasteiger charge is 2.28. The van der Waals surface area contributed by atoms with E-state index in [1.165, 1.54) is 10.9 Å². The molecule has 1 aliphatic rings. The molecule has 0 spiro atoms. The van der Waals surface area contributed by atoms with Gasteiger partial charge in [0.25, 0.3) is 5.56 Å². The van der Waals surface area contributed by atoms with Crippen LogP contribution < -0.4 is 5.56 Å². The van der Waals surface area contributed by atoms with E-state index in [1.54, 1.807) is 18.2 Å². The Bertz CT molecular complexity index is 1260. The minimum absolute atomic E-state index is 0.00995. The van der Waals surface area contributed by atoms with Gasteiger partial charge in [-0.25, -0.2) is 4.98 Å². The molecule has 0 bridgehead atoms. The van der Waals surface area contributed by atoms with Crippen LogP contribution in [0.4, 0.5) is 0 Å². The standard InChI is InChI=1S/C21H20N6O2/c28-19(13-26-14-22-17-8-2-1-7-16(17)21(26)29)25-10-5-6-15(12-25)20-24-23-18-9-3-4-11-27(18)20/h1-4,7-9,11,14-15H,5-6,10,12-13H2/t15-/m1/s1. The van der Waals surface area contributed by atoms with Crippen molar-refractivity contribution in [3.8, 4) is 0 Å². The minimum atomic E-state index is -0.194. The first kappa shape index (κ1) is 17.5. The maximum absolute atomic E-state index is 12.9. The summed E-state index contributed by atoms with van der Waals surface area (Å²) < 4.78 is 3.37. The number of rotatable bonds is 3. The molecule has 0 aliphatic carbocycles. The fourth-order valence-electron chi connectivity index (χ4n) is 4.02. The van der Waals surface area contributed by atoms with Crippen molar-refractivity contribution in [2.45, 2.75) is 25.3 Å². The van der Waals surface area contributed by atoms with Gasteiger partial charge < -0.3 is 4.90 Å². The zero-order chi connectivity index (χ0) is 19.8. The van der Waals surface area contributed by atoms with E-state index in [0.717, 1.165) is 24.3 Å². The Morgan fingerprint density at radius 2 is 1.97 bits per heavy atom. The van der Waals surface area contributed by atoms with Gasteiger partial charge in [-0.05, 0) is 37.1 Å². The molecule has 1 atom stereocenters. The molecule has 0 saturated carbocycles. The molecule has 1 aliphatic heterocycles. The third-order valence-electron chi connectivity index (χ3n) is 5.52. The number of benzene rings is 1. The van der Waals surface area contributed by atoms with Gasteiger partial charge >= 0.3 is 0 Å². The van der Waals surface area contributed by atoms with Gasteiger partial charge in [0, 0.05) is 25.2 Å². The smallest absolute Gasteiger partial charge is 0.261 e. The first-order chi connectivity index (χ1) is 14.2. The van der Waals surface area contributed by atoms with E-state index in [9.17, 15) is 9.59 Å². The van der Waals surface area contributed by atoms with E-state index in [-0.39, 0.29) is 23.9 Å². The maximum Gasteiger partial charge on any atom is 0.261 e. The SMILES string of the molecule is O=C(Cn1cnc2ccccc2c1=O)N1CCC[C@@H](c2nnc3ccccn23)C1. The van der Waals surface area contributed by atoms with Gasteiger partial charge in [-0.3, -0.25) is 18.6 Å². The number of carbonyl (C=O) groups is 1. The van der Waals surface area contributed by atoms with Crippen molar-refractivity contribution in [1.82, 2.24) is 29.0 Å². The summed E-state index contributed by atoms with van der Waals surface area (Å²) in [5, 5.41) is 9.11. The lowest BCUT2D eigenvalue weighted by Crippen LogP contribution is -2.42. The first-order valence-electron chi connectivity index (χ1n) is 9.72. The molecule has 4 aromatic rings. The molecule has 146 valence electrons. The van der Waals surface area contributed by atoms with Gasteiger partial charge in [0.15, 0.2) is 5.65 Å². The summed E-state index contributed by atoms with van der Waals surface area (Å²) in [6.07, 6.45) is 5.25. The highest BCUT2D eigenvalue weighted by molar-refractivity contribution is 5.79. The first-order valence-corrected chi connectivity index (χ1v) is 9.72. The second-order valence-electron chi connectivity index (χ2n) is 7.36. The lowest BCUT2D eigenvalue weighted by Gasteiger charge is -2.32. The second-order valence-corrected chi connectivity index (χ2v) is 7.36. The monoisotopic (exact) mass is 388 g/mol. The van der Waals surface area contributed by atoms with Crippen LogP contribution in [0.15, 0.2) is 59.8 Å². The van der Waals surface area contributed by atoms with E-state index in [4.69, 9.17) is 0 Å². The van der Waals surface area contributed by atoms with Crippen LogP contribution in [0.2, 0.25) is 0 Å². The quantitative estimate of drug-likeness (QED) is 0.535. The summed E-state index contributed by atoms with van der Waals surface area (Å²) in [6, 6.07) is 13.0. The molecule has 0 radical (unpaired) electrons. The number of likely N-dealkylation sites (tertiary alicyclic amines) is 1. The number of piperidine rings is 1. The van der Waals surface area contributed by atoms with Gasteiger partial charge in [0.05, 0.1) is 17.2 Å². The van der Waals surface area contributed by atoms with Crippen molar-refractivity contribution in [1.29, 1.82) is 0 Å². The van der Waals surface area contributed by atoms with Crippen LogP contribution in [-0.2, 0) is 11.3 Å². The second kappa shape index (κ2) is 7.12. The van der Waals surface area contributed by atoms with Crippen molar-refractivity contribution >= 4 is 22.5 Å². The predicted molar refractivity (Wildman–Crippen MR) is 108 cm³/mol. The van der Waals surface area contributed by atoms with Crippen LogP contribution in [0.1, 0.15) is 24.6 Å². The number of carbonyl (C=O) groups excluding carboxylic acids is 1. The fourth-order valence-corrected chi connectivity index (χ4v) is 4.02. The highest BCUT2D eigenvalue weighted by atomic mass is 16.2. The number of para-hydroxylation sites is 1. The number of aromatic nitrogens is 5. The van der Waals surface area contributed by atoms with Crippen molar-refractivity contribution in [3.63, 3.8) is 0 Å². The third-order valence-corrected chi connectivity index (χ3v) is 5.52. The van der Waals surface area contributed by atoms with E-state index >= 15 is 0 Å². The number of nitrogens with zero attached hydrogens (tertiary/aromatic N) is 6. The molecule has 0 unspecified atom stereocenters. The van der Waals surface area contributed by atoms with Crippen LogP contribution in [0.5, 0.6) is 0 Å². The Morgan fingerprint density at radius 3 is 2.90 bits per heavy atom. The molecule has 5 rings (SSSR count). The van der Waals surface area contributed by atoms with E-state index in [0.29, 0.717) is 24.0 Å². The molecule has 0 N–H and O–H groups in total. The number of hydrogen-bond acceptors (Lipinski definition) is 5. The summed E-state index contributed by atoms with van der Waals surface area (Å²) in [5.41, 5.74) is 1.25. The van der Waals surface area contributed by atoms with Crippen LogP contribution in [0, 0.1) is 0 Å². The molecule has 1 saturated heterocycles. The lowest BCUT2D eigenvalue weighted by molar-refractivity contribution is -0.133.